The van der Waals surface area contributed by atoms with Gasteiger partial charge in [-0.1, -0.05) is 6.07 Å². The molecule has 0 aromatic heterocycles. The van der Waals surface area contributed by atoms with Crippen LogP contribution in [0.2, 0.25) is 0 Å². The second kappa shape index (κ2) is 5.41. The van der Waals surface area contributed by atoms with E-state index in [2.05, 4.69) is 0 Å². The molecule has 110 valence electrons. The second-order valence-electron chi connectivity index (χ2n) is 4.55. The number of carboxylic acid groups (broad SMARTS) is 1. The first-order valence-corrected chi connectivity index (χ1v) is 8.07. The Balaban J connectivity index is 3.50. The molecule has 0 fully saturated rings. The van der Waals surface area contributed by atoms with Gasteiger partial charge < -0.3 is 5.11 Å². The molecule has 1 aromatic rings. The smallest absolute Gasteiger partial charge is 0.319 e. The first-order valence-electron chi connectivity index (χ1n) is 5.36. The van der Waals surface area contributed by atoms with E-state index in [1.165, 1.54) is 26.0 Å². The monoisotopic (exact) mass is 319 g/mol. The standard InChI is InChI=1S/C11H13NO6S2/c1-11(2,10(13)14)19-7-5-4-6-8(20(3,17)18)9(7)12(15)16/h4-6H,1-3H3,(H,13,14). The summed E-state index contributed by atoms with van der Waals surface area (Å²) in [6, 6.07) is 3.82. The first kappa shape index (κ1) is 16.4. The van der Waals surface area contributed by atoms with Crippen LogP contribution in [-0.4, -0.2) is 35.4 Å². The first-order chi connectivity index (χ1) is 8.97. The van der Waals surface area contributed by atoms with Crippen molar-refractivity contribution < 1.29 is 23.2 Å². The third-order valence-corrected chi connectivity index (χ3v) is 4.79. The Morgan fingerprint density at radius 1 is 1.40 bits per heavy atom. The summed E-state index contributed by atoms with van der Waals surface area (Å²) in [6.07, 6.45) is 0.867. The Bertz CT molecular complexity index is 665. The topological polar surface area (TPSA) is 115 Å². The average molecular weight is 319 g/mol. The largest absolute Gasteiger partial charge is 0.480 e. The van der Waals surface area contributed by atoms with Gasteiger partial charge in [0.15, 0.2) is 9.84 Å². The third-order valence-electron chi connectivity index (χ3n) is 2.42. The molecule has 0 amide bonds. The maximum Gasteiger partial charge on any atom is 0.319 e. The van der Waals surface area contributed by atoms with Gasteiger partial charge in [-0.05, 0) is 26.0 Å². The third kappa shape index (κ3) is 3.48. The molecule has 0 spiro atoms. The van der Waals surface area contributed by atoms with Gasteiger partial charge in [0.1, 0.15) is 9.64 Å². The molecule has 0 bridgehead atoms. The van der Waals surface area contributed by atoms with Gasteiger partial charge in [-0.2, -0.15) is 0 Å². The SMILES string of the molecule is CC(C)(Sc1cccc(S(C)(=O)=O)c1[N+](=O)[O-])C(=O)O. The number of thioether (sulfide) groups is 1. The molecular weight excluding hydrogens is 306 g/mol. The zero-order chi connectivity index (χ0) is 15.7. The number of carbonyl (C=O) groups is 1. The fourth-order valence-electron chi connectivity index (χ4n) is 1.38. The van der Waals surface area contributed by atoms with Gasteiger partial charge in [-0.25, -0.2) is 8.42 Å². The van der Waals surface area contributed by atoms with Crippen molar-refractivity contribution in [2.45, 2.75) is 28.4 Å². The normalized spacial score (nSPS) is 12.2. The van der Waals surface area contributed by atoms with Gasteiger partial charge in [0.05, 0.1) is 9.82 Å². The molecule has 0 unspecified atom stereocenters. The van der Waals surface area contributed by atoms with E-state index in [-0.39, 0.29) is 4.90 Å². The van der Waals surface area contributed by atoms with Crippen molar-refractivity contribution in [3.8, 4) is 0 Å². The summed E-state index contributed by atoms with van der Waals surface area (Å²) in [7, 11) is -3.78. The highest BCUT2D eigenvalue weighted by atomic mass is 32.2. The van der Waals surface area contributed by atoms with Gasteiger partial charge in [0.2, 0.25) is 0 Å². The van der Waals surface area contributed by atoms with Crippen LogP contribution < -0.4 is 0 Å². The van der Waals surface area contributed by atoms with Crippen molar-refractivity contribution in [1.82, 2.24) is 0 Å². The lowest BCUT2D eigenvalue weighted by Crippen LogP contribution is -2.27. The number of nitro groups is 1. The Labute approximate surface area is 120 Å². The highest BCUT2D eigenvalue weighted by Crippen LogP contribution is 2.41. The molecule has 1 aromatic carbocycles. The molecule has 0 aliphatic heterocycles. The molecule has 0 radical (unpaired) electrons. The number of hydrogen-bond donors (Lipinski definition) is 1. The summed E-state index contributed by atoms with van der Waals surface area (Å²) in [4.78, 5) is 21.0. The number of hydrogen-bond acceptors (Lipinski definition) is 6. The van der Waals surface area contributed by atoms with Crippen molar-refractivity contribution in [3.63, 3.8) is 0 Å². The minimum atomic E-state index is -3.78. The van der Waals surface area contributed by atoms with E-state index in [9.17, 15) is 23.3 Å². The van der Waals surface area contributed by atoms with E-state index in [1.807, 2.05) is 0 Å². The predicted octanol–water partition coefficient (Wildman–Crippen LogP) is 1.95. The number of para-hydroxylation sites is 1. The molecule has 0 saturated carbocycles. The van der Waals surface area contributed by atoms with E-state index in [0.717, 1.165) is 24.1 Å². The predicted molar refractivity (Wildman–Crippen MR) is 73.8 cm³/mol. The van der Waals surface area contributed by atoms with Crippen LogP contribution in [0.3, 0.4) is 0 Å². The lowest BCUT2D eigenvalue weighted by molar-refractivity contribution is -0.390. The van der Waals surface area contributed by atoms with E-state index in [1.54, 1.807) is 0 Å². The zero-order valence-electron chi connectivity index (χ0n) is 11.0. The molecule has 0 atom stereocenters. The van der Waals surface area contributed by atoms with Gasteiger partial charge in [-0.3, -0.25) is 14.9 Å². The molecule has 0 aliphatic rings. The lowest BCUT2D eigenvalue weighted by atomic mass is 10.2. The summed E-state index contributed by atoms with van der Waals surface area (Å²) in [5.41, 5.74) is -0.589. The highest BCUT2D eigenvalue weighted by Gasteiger charge is 2.34. The fraction of sp³-hybridized carbons (Fsp3) is 0.364. The quantitative estimate of drug-likeness (QED) is 0.501. The summed E-state index contributed by atoms with van der Waals surface area (Å²) < 4.78 is 21.8. The molecule has 9 heteroatoms. The Morgan fingerprint density at radius 2 is 1.95 bits per heavy atom. The van der Waals surface area contributed by atoms with E-state index < -0.39 is 36.1 Å². The number of benzene rings is 1. The van der Waals surface area contributed by atoms with Crippen molar-refractivity contribution in [3.05, 3.63) is 28.3 Å². The Hall–Kier alpha value is -1.61. The summed E-state index contributed by atoms with van der Waals surface area (Å²) in [5, 5.41) is 20.2. The van der Waals surface area contributed by atoms with Crippen LogP contribution in [0.5, 0.6) is 0 Å². The number of nitrogens with zero attached hydrogens (tertiary/aromatic N) is 1. The van der Waals surface area contributed by atoms with Crippen molar-refractivity contribution in [2.24, 2.45) is 0 Å². The van der Waals surface area contributed by atoms with Crippen LogP contribution in [0.15, 0.2) is 28.0 Å². The number of aliphatic carboxylic acids is 1. The van der Waals surface area contributed by atoms with Crippen LogP contribution in [-0.2, 0) is 14.6 Å². The van der Waals surface area contributed by atoms with Crippen molar-refractivity contribution in [2.75, 3.05) is 6.26 Å². The molecule has 7 nitrogen and oxygen atoms in total. The highest BCUT2D eigenvalue weighted by molar-refractivity contribution is 8.01. The second-order valence-corrected chi connectivity index (χ2v) is 8.20. The van der Waals surface area contributed by atoms with E-state index in [0.29, 0.717) is 0 Å². The molecule has 1 rings (SSSR count). The van der Waals surface area contributed by atoms with Crippen LogP contribution in [0.1, 0.15) is 13.8 Å². The van der Waals surface area contributed by atoms with E-state index >= 15 is 0 Å². The molecular formula is C11H13NO6S2. The number of nitro benzene ring substituents is 1. The molecule has 0 heterocycles. The van der Waals surface area contributed by atoms with Gasteiger partial charge in [-0.15, -0.1) is 11.8 Å². The molecule has 0 saturated heterocycles. The van der Waals surface area contributed by atoms with Crippen LogP contribution in [0.25, 0.3) is 0 Å². The Kier molecular flexibility index (Phi) is 4.45. The molecule has 0 aliphatic carbocycles. The van der Waals surface area contributed by atoms with Crippen molar-refractivity contribution >= 4 is 33.3 Å². The Morgan fingerprint density at radius 3 is 2.35 bits per heavy atom. The van der Waals surface area contributed by atoms with Gasteiger partial charge in [0.25, 0.3) is 0 Å². The van der Waals surface area contributed by atoms with Gasteiger partial charge >= 0.3 is 11.7 Å². The number of carboxylic acids is 1. The number of sulfone groups is 1. The summed E-state index contributed by atoms with van der Waals surface area (Å²) in [6.45, 7) is 2.77. The average Bonchev–Trinajstić information content (AvgIpc) is 2.26. The van der Waals surface area contributed by atoms with Crippen LogP contribution >= 0.6 is 11.8 Å². The summed E-state index contributed by atoms with van der Waals surface area (Å²) in [5.74, 6) is -1.15. The molecule has 20 heavy (non-hydrogen) atoms. The van der Waals surface area contributed by atoms with E-state index in [4.69, 9.17) is 5.11 Å². The summed E-state index contributed by atoms with van der Waals surface area (Å²) >= 11 is 0.734. The number of rotatable bonds is 5. The fourth-order valence-corrected chi connectivity index (χ4v) is 3.37. The minimum absolute atomic E-state index is 0.00493. The zero-order valence-corrected chi connectivity index (χ0v) is 12.6. The maximum absolute atomic E-state index is 11.6. The van der Waals surface area contributed by atoms with Crippen molar-refractivity contribution in [1.29, 1.82) is 0 Å². The van der Waals surface area contributed by atoms with Crippen LogP contribution in [0, 0.1) is 10.1 Å². The maximum atomic E-state index is 11.6. The van der Waals surface area contributed by atoms with Gasteiger partial charge in [0, 0.05) is 6.26 Å². The lowest BCUT2D eigenvalue weighted by Gasteiger charge is -2.18. The van der Waals surface area contributed by atoms with Crippen LogP contribution in [0.4, 0.5) is 5.69 Å². The minimum Gasteiger partial charge on any atom is -0.480 e. The molecule has 1 N–H and O–H groups in total.